The highest BCUT2D eigenvalue weighted by atomic mass is 32.2. The Balaban J connectivity index is 2.11. The number of nitrogens with one attached hydrogen (secondary N) is 2. The van der Waals surface area contributed by atoms with Gasteiger partial charge in [-0.25, -0.2) is 4.79 Å². The zero-order valence-electron chi connectivity index (χ0n) is 14.6. The first-order chi connectivity index (χ1) is 12.4. The van der Waals surface area contributed by atoms with Gasteiger partial charge in [0, 0.05) is 10.5 Å². The van der Waals surface area contributed by atoms with Gasteiger partial charge in [-0.15, -0.1) is 0 Å². The van der Waals surface area contributed by atoms with Gasteiger partial charge in [0.15, 0.2) is 0 Å². The number of rotatable bonds is 7. The average molecular weight is 382 g/mol. The Labute approximate surface area is 155 Å². The molecule has 1 atom stereocenters. The van der Waals surface area contributed by atoms with Crippen LogP contribution in [0.25, 0.3) is 0 Å². The Morgan fingerprint density at radius 3 is 2.50 bits per heavy atom. The van der Waals surface area contributed by atoms with Gasteiger partial charge in [0.1, 0.15) is 11.5 Å². The molecule has 0 aliphatic heterocycles. The third-order valence-electron chi connectivity index (χ3n) is 3.60. The number of halogens is 2. The highest BCUT2D eigenvalue weighted by molar-refractivity contribution is 7.99. The molecule has 0 saturated carbocycles. The molecule has 0 bridgehead atoms. The number of methoxy groups -OCH3 is 2. The molecule has 0 aromatic heterocycles. The molecule has 2 rings (SSSR count). The van der Waals surface area contributed by atoms with E-state index in [1.165, 1.54) is 13.2 Å². The number of para-hydroxylation sites is 1. The van der Waals surface area contributed by atoms with Gasteiger partial charge < -0.3 is 20.1 Å². The number of ether oxygens (including phenoxy) is 2. The zero-order chi connectivity index (χ0) is 19.1. The smallest absolute Gasteiger partial charge is 0.319 e. The second kappa shape index (κ2) is 9.28. The van der Waals surface area contributed by atoms with E-state index >= 15 is 0 Å². The second-order valence-corrected chi connectivity index (χ2v) is 6.33. The number of amides is 2. The Kier molecular flexibility index (Phi) is 7.08. The van der Waals surface area contributed by atoms with E-state index in [1.54, 1.807) is 50.4 Å². The lowest BCUT2D eigenvalue weighted by molar-refractivity contribution is 0.248. The van der Waals surface area contributed by atoms with Gasteiger partial charge in [0.05, 0.1) is 25.9 Å². The van der Waals surface area contributed by atoms with E-state index in [2.05, 4.69) is 10.6 Å². The van der Waals surface area contributed by atoms with Crippen molar-refractivity contribution < 1.29 is 23.0 Å². The molecule has 140 valence electrons. The molecule has 0 saturated heterocycles. The minimum atomic E-state index is -2.57. The maximum absolute atomic E-state index is 12.6. The third-order valence-corrected chi connectivity index (χ3v) is 4.39. The van der Waals surface area contributed by atoms with Crippen molar-refractivity contribution in [2.24, 2.45) is 0 Å². The standard InChI is InChI=1S/C18H20F2N2O3S/c1-11(13-10-12(24-2)8-9-15(13)25-3)21-18(23)22-14-6-4-5-7-16(14)26-17(19)20/h4-11,17H,1-3H3,(H2,21,22,23). The number of carbonyl (C=O) groups is 1. The molecule has 0 radical (unpaired) electrons. The Morgan fingerprint density at radius 1 is 1.12 bits per heavy atom. The maximum Gasteiger partial charge on any atom is 0.319 e. The molecule has 5 nitrogen and oxygen atoms in total. The fourth-order valence-corrected chi connectivity index (χ4v) is 2.97. The van der Waals surface area contributed by atoms with Crippen LogP contribution < -0.4 is 20.1 Å². The van der Waals surface area contributed by atoms with Crippen LogP contribution in [0.3, 0.4) is 0 Å². The summed E-state index contributed by atoms with van der Waals surface area (Å²) in [6.45, 7) is 1.79. The van der Waals surface area contributed by atoms with E-state index in [0.29, 0.717) is 33.8 Å². The molecular formula is C18H20F2N2O3S. The van der Waals surface area contributed by atoms with E-state index in [-0.39, 0.29) is 0 Å². The summed E-state index contributed by atoms with van der Waals surface area (Å²) in [6, 6.07) is 10.8. The zero-order valence-corrected chi connectivity index (χ0v) is 15.4. The molecule has 0 aliphatic carbocycles. The normalized spacial score (nSPS) is 11.8. The third kappa shape index (κ3) is 5.26. The van der Waals surface area contributed by atoms with Gasteiger partial charge in [0.25, 0.3) is 5.76 Å². The van der Waals surface area contributed by atoms with Crippen molar-refractivity contribution in [3.05, 3.63) is 48.0 Å². The molecule has 26 heavy (non-hydrogen) atoms. The molecular weight excluding hydrogens is 362 g/mol. The second-order valence-electron chi connectivity index (χ2n) is 5.30. The lowest BCUT2D eigenvalue weighted by atomic mass is 10.1. The minimum absolute atomic E-state index is 0.296. The van der Waals surface area contributed by atoms with E-state index in [0.717, 1.165) is 5.56 Å². The van der Waals surface area contributed by atoms with Gasteiger partial charge in [-0.1, -0.05) is 23.9 Å². The molecule has 2 aromatic carbocycles. The Morgan fingerprint density at radius 2 is 1.85 bits per heavy atom. The fraction of sp³-hybridized carbons (Fsp3) is 0.278. The van der Waals surface area contributed by atoms with Crippen molar-refractivity contribution in [2.45, 2.75) is 23.6 Å². The number of hydrogen-bond acceptors (Lipinski definition) is 4. The van der Waals surface area contributed by atoms with E-state index in [4.69, 9.17) is 9.47 Å². The number of alkyl halides is 2. The number of carbonyl (C=O) groups excluding carboxylic acids is 1. The SMILES string of the molecule is COc1ccc(OC)c(C(C)NC(=O)Nc2ccccc2SC(F)F)c1. The predicted molar refractivity (Wildman–Crippen MR) is 98.4 cm³/mol. The number of anilines is 1. The summed E-state index contributed by atoms with van der Waals surface area (Å²) in [5.41, 5.74) is 1.05. The average Bonchev–Trinajstić information content (AvgIpc) is 2.62. The summed E-state index contributed by atoms with van der Waals surface area (Å²) in [6.07, 6.45) is 0. The lowest BCUT2D eigenvalue weighted by Crippen LogP contribution is -2.31. The van der Waals surface area contributed by atoms with E-state index in [9.17, 15) is 13.6 Å². The van der Waals surface area contributed by atoms with Crippen molar-refractivity contribution in [2.75, 3.05) is 19.5 Å². The number of benzene rings is 2. The van der Waals surface area contributed by atoms with Crippen LogP contribution in [-0.2, 0) is 0 Å². The van der Waals surface area contributed by atoms with Gasteiger partial charge in [0.2, 0.25) is 0 Å². The highest BCUT2D eigenvalue weighted by Gasteiger charge is 2.17. The van der Waals surface area contributed by atoms with Crippen LogP contribution in [0.5, 0.6) is 11.5 Å². The maximum atomic E-state index is 12.6. The summed E-state index contributed by atoms with van der Waals surface area (Å²) in [5.74, 6) is -1.33. The molecule has 2 N–H and O–H groups in total. The summed E-state index contributed by atoms with van der Waals surface area (Å²) in [7, 11) is 3.09. The van der Waals surface area contributed by atoms with Gasteiger partial charge >= 0.3 is 6.03 Å². The van der Waals surface area contributed by atoms with Crippen LogP contribution in [-0.4, -0.2) is 26.0 Å². The molecule has 2 aromatic rings. The van der Waals surface area contributed by atoms with E-state index in [1.807, 2.05) is 0 Å². The first kappa shape index (κ1) is 19.8. The van der Waals surface area contributed by atoms with Crippen LogP contribution >= 0.6 is 11.8 Å². The topological polar surface area (TPSA) is 59.6 Å². The number of hydrogen-bond donors (Lipinski definition) is 2. The lowest BCUT2D eigenvalue weighted by Gasteiger charge is -2.19. The van der Waals surface area contributed by atoms with Crippen LogP contribution in [0.15, 0.2) is 47.4 Å². The van der Waals surface area contributed by atoms with E-state index < -0.39 is 17.8 Å². The van der Waals surface area contributed by atoms with Crippen LogP contribution in [0, 0.1) is 0 Å². The van der Waals surface area contributed by atoms with Gasteiger partial charge in [-0.05, 0) is 37.3 Å². The van der Waals surface area contributed by atoms with Gasteiger partial charge in [-0.2, -0.15) is 8.78 Å². The first-order valence-corrected chi connectivity index (χ1v) is 8.65. The molecule has 0 spiro atoms. The van der Waals surface area contributed by atoms with Crippen molar-refractivity contribution >= 4 is 23.5 Å². The summed E-state index contributed by atoms with van der Waals surface area (Å²) >= 11 is 0.381. The molecule has 8 heteroatoms. The minimum Gasteiger partial charge on any atom is -0.497 e. The molecule has 1 unspecified atom stereocenters. The summed E-state index contributed by atoms with van der Waals surface area (Å²) in [4.78, 5) is 12.6. The quantitative estimate of drug-likeness (QED) is 0.669. The van der Waals surface area contributed by atoms with Crippen molar-refractivity contribution in [1.29, 1.82) is 0 Å². The molecule has 2 amide bonds. The highest BCUT2D eigenvalue weighted by Crippen LogP contribution is 2.32. The largest absolute Gasteiger partial charge is 0.497 e. The molecule has 0 fully saturated rings. The van der Waals surface area contributed by atoms with Crippen molar-refractivity contribution in [1.82, 2.24) is 5.32 Å². The monoisotopic (exact) mass is 382 g/mol. The first-order valence-electron chi connectivity index (χ1n) is 7.78. The van der Waals surface area contributed by atoms with Crippen LogP contribution in [0.4, 0.5) is 19.3 Å². The van der Waals surface area contributed by atoms with Gasteiger partial charge in [-0.3, -0.25) is 0 Å². The van der Waals surface area contributed by atoms with Crippen molar-refractivity contribution in [3.63, 3.8) is 0 Å². The summed E-state index contributed by atoms with van der Waals surface area (Å²) in [5, 5.41) is 5.38. The number of thioether (sulfide) groups is 1. The van der Waals surface area contributed by atoms with Crippen LogP contribution in [0.1, 0.15) is 18.5 Å². The summed E-state index contributed by atoms with van der Waals surface area (Å²) < 4.78 is 35.8. The predicted octanol–water partition coefficient (Wildman–Crippen LogP) is 4.90. The number of urea groups is 1. The molecule has 0 aliphatic rings. The Hall–Kier alpha value is -2.48. The Bertz CT molecular complexity index is 759. The molecule has 0 heterocycles. The fourth-order valence-electron chi connectivity index (χ4n) is 2.38. The van der Waals surface area contributed by atoms with Crippen molar-refractivity contribution in [3.8, 4) is 11.5 Å². The van der Waals surface area contributed by atoms with Crippen LogP contribution in [0.2, 0.25) is 0 Å².